The molecule has 0 unspecified atom stereocenters. The predicted molar refractivity (Wildman–Crippen MR) is 261 cm³/mol. The van der Waals surface area contributed by atoms with Gasteiger partial charge in [-0.3, -0.25) is 19.2 Å². The molecular formula is C54H85NO14. The van der Waals surface area contributed by atoms with Crippen LogP contribution in [0.4, 0.5) is 0 Å². The molecule has 15 nitrogen and oxygen atoms in total. The number of amides is 1. The Morgan fingerprint density at radius 1 is 0.855 bits per heavy atom. The van der Waals surface area contributed by atoms with Gasteiger partial charge < -0.3 is 48.7 Å². The summed E-state index contributed by atoms with van der Waals surface area (Å²) in [4.78, 5) is 81.2. The third-order valence-corrected chi connectivity index (χ3v) is 14.5. The van der Waals surface area contributed by atoms with Crippen LogP contribution < -0.4 is 0 Å². The number of nitrogens with zero attached hydrogens (tertiary/aromatic N) is 1. The molecule has 0 aromatic rings. The van der Waals surface area contributed by atoms with E-state index in [-0.39, 0.29) is 60.6 Å². The van der Waals surface area contributed by atoms with Gasteiger partial charge in [0.2, 0.25) is 5.79 Å². The van der Waals surface area contributed by atoms with E-state index in [0.717, 1.165) is 12.0 Å². The van der Waals surface area contributed by atoms with Gasteiger partial charge in [0.1, 0.15) is 35.9 Å². The van der Waals surface area contributed by atoms with Crippen molar-refractivity contribution in [2.75, 3.05) is 27.9 Å². The normalized spacial score (nSPS) is 38.4. The second kappa shape index (κ2) is 28.4. The lowest BCUT2D eigenvalue weighted by Crippen LogP contribution is -2.61. The smallest absolute Gasteiger partial charge is 0.329 e. The number of hydrogen-bond acceptors (Lipinski definition) is 14. The molecule has 3 N–H and O–H groups in total. The summed E-state index contributed by atoms with van der Waals surface area (Å²) in [5, 5.41) is 33.8. The first kappa shape index (κ1) is 59.6. The van der Waals surface area contributed by atoms with Crippen LogP contribution in [0.2, 0.25) is 0 Å². The van der Waals surface area contributed by atoms with Crippen LogP contribution in [0.3, 0.4) is 0 Å². The van der Waals surface area contributed by atoms with E-state index in [9.17, 15) is 44.1 Å². The molecule has 0 aromatic carbocycles. The Morgan fingerprint density at radius 2 is 1.54 bits per heavy atom. The summed E-state index contributed by atoms with van der Waals surface area (Å²) in [6.07, 6.45) is 11.2. The number of carbonyl (C=O) groups is 6. The van der Waals surface area contributed by atoms with Gasteiger partial charge in [0.15, 0.2) is 5.78 Å². The second-order valence-electron chi connectivity index (χ2n) is 20.5. The van der Waals surface area contributed by atoms with Crippen molar-refractivity contribution in [2.45, 2.75) is 194 Å². The quantitative estimate of drug-likeness (QED) is 0.142. The molecule has 0 radical (unpaired) electrons. The standard InChI is InChI=1S/C51H79NO13.C3H6O/c1-30-16-12-11-13-17-31(2)42(61-8)28-38-21-19-36(7)51(60,65-38)48(57)49(58)52-23-15-14-18-39(52)50(59)64-43(33(4)26-37-20-22-40(53)44(27-37)62-9)29-41(54)32(3)25-35(6)46(56)47(63-10)45(55)34(5)24-30;1-3(2)4/h11-13,16-17,25,30,32-34,36-40,42-44,46-47,53,56,60H,14-15,18-24,26-29H2,1-10H3;1-2H3/b13-11+,16-12+,31-17+,35-25+;/t30-,32-,33-,34-,36-,37+,38+,39+,40-,42+,43+,44-,46-,47+,51-;/m1./s1. The van der Waals surface area contributed by atoms with Gasteiger partial charge in [0.25, 0.3) is 11.7 Å². The van der Waals surface area contributed by atoms with Crippen LogP contribution in [0.1, 0.15) is 139 Å². The number of esters is 1. The van der Waals surface area contributed by atoms with Crippen LogP contribution in [-0.4, -0.2) is 138 Å². The SMILES string of the molecule is CC(C)=O.CO[C@H]1C[C@@H]2CC[C@@H](C)[C@@](O)(O2)C(=O)C(=O)N2CCCC[C@H]2C(=O)O[C@H]([C@H](C)C[C@@H]2CC[C@@H](O)[C@H](OC)C2)CC(=O)[C@H](C)/C=C(\C)[C@@H](O)[C@@H](OC)C(=O)[C@H](C)C[C@H](C)/C=C/C=C/C=C/1C. The lowest BCUT2D eigenvalue weighted by molar-refractivity contribution is -0.265. The van der Waals surface area contributed by atoms with Gasteiger partial charge in [-0.25, -0.2) is 4.79 Å². The van der Waals surface area contributed by atoms with Crippen molar-refractivity contribution in [3.63, 3.8) is 0 Å². The summed E-state index contributed by atoms with van der Waals surface area (Å²) >= 11 is 0. The maximum Gasteiger partial charge on any atom is 0.329 e. The van der Waals surface area contributed by atoms with Gasteiger partial charge in [-0.2, -0.15) is 0 Å². The lowest BCUT2D eigenvalue weighted by Gasteiger charge is -2.42. The van der Waals surface area contributed by atoms with Crippen molar-refractivity contribution in [3.8, 4) is 0 Å². The summed E-state index contributed by atoms with van der Waals surface area (Å²) in [5.74, 6) is -7.79. The minimum Gasteiger partial charge on any atom is -0.460 e. The first-order valence-corrected chi connectivity index (χ1v) is 25.1. The van der Waals surface area contributed by atoms with Crippen molar-refractivity contribution in [1.29, 1.82) is 0 Å². The number of aliphatic hydroxyl groups excluding tert-OH is 2. The van der Waals surface area contributed by atoms with E-state index in [1.165, 1.54) is 25.9 Å². The Morgan fingerprint density at radius 3 is 2.17 bits per heavy atom. The molecule has 15 atom stereocenters. The topological polar surface area (TPSA) is 212 Å². The molecule has 15 heteroatoms. The Balaban J connectivity index is 0.00000303. The van der Waals surface area contributed by atoms with Gasteiger partial charge in [0, 0.05) is 58.5 Å². The number of methoxy groups -OCH3 is 3. The van der Waals surface area contributed by atoms with Crippen molar-refractivity contribution < 1.29 is 67.8 Å². The van der Waals surface area contributed by atoms with Crippen LogP contribution in [0.5, 0.6) is 0 Å². The number of piperidine rings is 1. The van der Waals surface area contributed by atoms with Gasteiger partial charge in [0.05, 0.1) is 24.4 Å². The minimum absolute atomic E-state index is 0.0193. The molecule has 3 fully saturated rings. The highest BCUT2D eigenvalue weighted by atomic mass is 16.6. The van der Waals surface area contributed by atoms with Crippen molar-refractivity contribution in [2.24, 2.45) is 35.5 Å². The van der Waals surface area contributed by atoms with Gasteiger partial charge >= 0.3 is 5.97 Å². The van der Waals surface area contributed by atoms with Gasteiger partial charge in [-0.05, 0) is 121 Å². The zero-order valence-electron chi connectivity index (χ0n) is 43.5. The summed E-state index contributed by atoms with van der Waals surface area (Å²) < 4.78 is 29.4. The number of cyclic esters (lactones) is 1. The Kier molecular flexibility index (Phi) is 24.5. The Labute approximate surface area is 411 Å². The molecule has 3 aliphatic heterocycles. The largest absolute Gasteiger partial charge is 0.460 e. The van der Waals surface area contributed by atoms with Crippen molar-refractivity contribution in [3.05, 3.63) is 47.6 Å². The maximum absolute atomic E-state index is 14.4. The van der Waals surface area contributed by atoms with E-state index in [4.69, 9.17) is 23.7 Å². The number of aliphatic hydroxyl groups is 3. The molecule has 4 aliphatic rings. The summed E-state index contributed by atoms with van der Waals surface area (Å²) in [6.45, 7) is 15.8. The van der Waals surface area contributed by atoms with Crippen LogP contribution in [0.25, 0.3) is 0 Å². The lowest BCUT2D eigenvalue weighted by atomic mass is 9.78. The van der Waals surface area contributed by atoms with Crippen LogP contribution in [0.15, 0.2) is 47.6 Å². The van der Waals surface area contributed by atoms with E-state index in [0.29, 0.717) is 63.4 Å². The number of rotatable bonds is 6. The third kappa shape index (κ3) is 17.2. The molecule has 3 heterocycles. The molecule has 1 amide bonds. The van der Waals surface area contributed by atoms with Crippen molar-refractivity contribution in [1.82, 2.24) is 4.90 Å². The van der Waals surface area contributed by atoms with Crippen LogP contribution in [0, 0.1) is 35.5 Å². The molecule has 69 heavy (non-hydrogen) atoms. The highest BCUT2D eigenvalue weighted by Crippen LogP contribution is 2.38. The average molecular weight is 972 g/mol. The fraction of sp³-hybridized carbons (Fsp3) is 0.741. The first-order chi connectivity index (χ1) is 32.5. The van der Waals surface area contributed by atoms with Crippen molar-refractivity contribution >= 4 is 35.0 Å². The van der Waals surface area contributed by atoms with E-state index >= 15 is 0 Å². The highest BCUT2D eigenvalue weighted by Gasteiger charge is 2.53. The molecule has 390 valence electrons. The average Bonchev–Trinajstić information content (AvgIpc) is 3.30. The first-order valence-electron chi connectivity index (χ1n) is 25.1. The monoisotopic (exact) mass is 972 g/mol. The third-order valence-electron chi connectivity index (χ3n) is 14.5. The Bertz CT molecular complexity index is 1850. The van der Waals surface area contributed by atoms with Crippen LogP contribution >= 0.6 is 0 Å². The molecule has 4 rings (SSSR count). The predicted octanol–water partition coefficient (Wildman–Crippen LogP) is 6.78. The molecule has 1 aliphatic carbocycles. The second-order valence-corrected chi connectivity index (χ2v) is 20.5. The Hall–Kier alpha value is -3.70. The van der Waals surface area contributed by atoms with E-state index < -0.39 is 83.9 Å². The zero-order valence-corrected chi connectivity index (χ0v) is 43.5. The molecule has 2 saturated heterocycles. The molecule has 1 saturated carbocycles. The zero-order chi connectivity index (χ0) is 51.7. The fourth-order valence-electron chi connectivity index (χ4n) is 10.1. The minimum atomic E-state index is -2.43. The molecule has 0 spiro atoms. The highest BCUT2D eigenvalue weighted by molar-refractivity contribution is 6.39. The summed E-state index contributed by atoms with van der Waals surface area (Å²) in [6, 6.07) is -1.14. The van der Waals surface area contributed by atoms with Gasteiger partial charge in [-0.1, -0.05) is 71.1 Å². The number of Topliss-reactive ketones (excluding diaryl/α,β-unsaturated/α-hetero) is 4. The number of ketones is 4. The van der Waals surface area contributed by atoms with Gasteiger partial charge in [-0.15, -0.1) is 0 Å². The number of carbonyl (C=O) groups excluding carboxylic acids is 6. The maximum atomic E-state index is 14.4. The number of allylic oxidation sites excluding steroid dienone is 6. The van der Waals surface area contributed by atoms with E-state index in [2.05, 4.69) is 0 Å². The number of hydrogen-bond donors (Lipinski definition) is 3. The van der Waals surface area contributed by atoms with E-state index in [1.807, 2.05) is 58.1 Å². The number of ether oxygens (including phenoxy) is 5. The van der Waals surface area contributed by atoms with Crippen LogP contribution in [-0.2, 0) is 52.5 Å². The number of fused-ring (bicyclic) bond motifs is 3. The molecular weight excluding hydrogens is 887 g/mol. The molecule has 0 aromatic heterocycles. The summed E-state index contributed by atoms with van der Waals surface area (Å²) in [5.41, 5.74) is 1.27. The fourth-order valence-corrected chi connectivity index (χ4v) is 10.1. The summed E-state index contributed by atoms with van der Waals surface area (Å²) in [7, 11) is 4.52. The van der Waals surface area contributed by atoms with E-state index in [1.54, 1.807) is 41.1 Å². The molecule has 2 bridgehead atoms.